The molecule has 26 heavy (non-hydrogen) atoms. The first-order chi connectivity index (χ1) is 12.2. The zero-order valence-corrected chi connectivity index (χ0v) is 18.3. The van der Waals surface area contributed by atoms with Crippen LogP contribution in [-0.2, 0) is 11.3 Å². The first-order valence-electron chi connectivity index (χ1n) is 9.05. The van der Waals surface area contributed by atoms with Gasteiger partial charge in [0.2, 0.25) is 0 Å². The first-order valence-corrected chi connectivity index (χ1v) is 9.05. The minimum Gasteiger partial charge on any atom is -0.489 e. The fourth-order valence-corrected chi connectivity index (χ4v) is 3.02. The molecule has 1 aliphatic heterocycles. The lowest BCUT2D eigenvalue weighted by Gasteiger charge is -2.27. The van der Waals surface area contributed by atoms with Crippen LogP contribution in [0.3, 0.4) is 0 Å². The first kappa shape index (κ1) is 22.8. The van der Waals surface area contributed by atoms with E-state index in [2.05, 4.69) is 34.9 Å². The van der Waals surface area contributed by atoms with E-state index in [1.807, 2.05) is 25.2 Å². The van der Waals surface area contributed by atoms with Crippen molar-refractivity contribution >= 4 is 29.9 Å². The van der Waals surface area contributed by atoms with Crippen molar-refractivity contribution in [1.29, 1.82) is 0 Å². The Morgan fingerprint density at radius 3 is 2.81 bits per heavy atom. The maximum atomic E-state index is 5.72. The lowest BCUT2D eigenvalue weighted by molar-refractivity contribution is 0.0625. The maximum Gasteiger partial charge on any atom is 0.193 e. The number of ether oxygens (including phenoxy) is 2. The summed E-state index contributed by atoms with van der Waals surface area (Å²) in [6.07, 6.45) is 5.29. The van der Waals surface area contributed by atoms with Crippen LogP contribution in [0.4, 0.5) is 0 Å². The molecule has 1 fully saturated rings. The Morgan fingerprint density at radius 2 is 2.12 bits per heavy atom. The van der Waals surface area contributed by atoms with Crippen LogP contribution in [0.5, 0.6) is 5.75 Å². The molecule has 0 spiro atoms. The molecule has 2 rings (SSSR count). The highest BCUT2D eigenvalue weighted by Crippen LogP contribution is 2.19. The Hall–Kier alpha value is -1.28. The van der Waals surface area contributed by atoms with Gasteiger partial charge in [-0.1, -0.05) is 30.9 Å². The molecule has 5 nitrogen and oxygen atoms in total. The number of hydrogen-bond donors (Lipinski definition) is 1. The largest absolute Gasteiger partial charge is 0.489 e. The fraction of sp³-hybridized carbons (Fsp3) is 0.550. The van der Waals surface area contributed by atoms with E-state index < -0.39 is 0 Å². The number of halogens is 1. The highest BCUT2D eigenvalue weighted by molar-refractivity contribution is 14.0. The van der Waals surface area contributed by atoms with E-state index in [-0.39, 0.29) is 24.0 Å². The van der Waals surface area contributed by atoms with E-state index in [4.69, 9.17) is 9.47 Å². The average molecular weight is 473 g/mol. The Labute approximate surface area is 174 Å². The molecule has 1 aromatic carbocycles. The molecule has 1 saturated heterocycles. The number of rotatable bonds is 8. The zero-order valence-electron chi connectivity index (χ0n) is 15.9. The molecule has 146 valence electrons. The summed E-state index contributed by atoms with van der Waals surface area (Å²) in [6, 6.07) is 8.06. The average Bonchev–Trinajstić information content (AvgIpc) is 2.66. The molecule has 1 heterocycles. The monoisotopic (exact) mass is 473 g/mol. The molecule has 1 aliphatic rings. The van der Waals surface area contributed by atoms with Crippen molar-refractivity contribution in [1.82, 2.24) is 10.2 Å². The van der Waals surface area contributed by atoms with Crippen molar-refractivity contribution in [3.05, 3.63) is 42.5 Å². The Bertz CT molecular complexity index is 560. The van der Waals surface area contributed by atoms with Crippen LogP contribution in [0, 0.1) is 5.92 Å². The topological polar surface area (TPSA) is 46.1 Å². The molecule has 0 saturated carbocycles. The molecule has 1 N–H and O–H groups in total. The highest BCUT2D eigenvalue weighted by atomic mass is 127. The summed E-state index contributed by atoms with van der Waals surface area (Å²) < 4.78 is 11.2. The number of nitrogens with one attached hydrogen (secondary N) is 1. The number of hydrogen-bond acceptors (Lipinski definition) is 3. The van der Waals surface area contributed by atoms with Gasteiger partial charge in [0.05, 0.1) is 0 Å². The molecule has 0 radical (unpaired) electrons. The van der Waals surface area contributed by atoms with Gasteiger partial charge in [0.25, 0.3) is 0 Å². The lowest BCUT2D eigenvalue weighted by atomic mass is 9.96. The number of aliphatic imine (C=N–C) groups is 1. The van der Waals surface area contributed by atoms with Crippen LogP contribution in [0.1, 0.15) is 24.8 Å². The minimum absolute atomic E-state index is 0. The molecule has 1 aromatic rings. The van der Waals surface area contributed by atoms with Crippen LogP contribution >= 0.6 is 24.0 Å². The maximum absolute atomic E-state index is 5.72. The third kappa shape index (κ3) is 7.53. The second-order valence-corrected chi connectivity index (χ2v) is 6.37. The molecule has 6 heteroatoms. The number of benzene rings is 1. The Kier molecular flexibility index (Phi) is 11.4. The molecule has 0 aliphatic carbocycles. The second-order valence-electron chi connectivity index (χ2n) is 6.37. The predicted molar refractivity (Wildman–Crippen MR) is 119 cm³/mol. The number of nitrogens with zero attached hydrogens (tertiary/aromatic N) is 2. The van der Waals surface area contributed by atoms with Crippen LogP contribution in [0.2, 0.25) is 0 Å². The van der Waals surface area contributed by atoms with Gasteiger partial charge in [-0.2, -0.15) is 0 Å². The van der Waals surface area contributed by atoms with E-state index in [1.54, 1.807) is 6.08 Å². The van der Waals surface area contributed by atoms with Gasteiger partial charge in [-0.25, -0.2) is 0 Å². The molecule has 0 unspecified atom stereocenters. The van der Waals surface area contributed by atoms with Crippen LogP contribution < -0.4 is 10.1 Å². The number of para-hydroxylation sites is 1. The minimum atomic E-state index is 0. The lowest BCUT2D eigenvalue weighted by Crippen LogP contribution is -2.39. The van der Waals surface area contributed by atoms with E-state index in [0.29, 0.717) is 13.2 Å². The Balaban J connectivity index is 0.00000338. The van der Waals surface area contributed by atoms with Gasteiger partial charge in [0.1, 0.15) is 12.4 Å². The van der Waals surface area contributed by atoms with Crippen LogP contribution in [0.25, 0.3) is 0 Å². The molecule has 0 atom stereocenters. The standard InChI is InChI=1S/C20H31N3O2.HI/c1-4-13-25-19-8-6-5-7-18(19)16-22-20(21-2)23(3)12-9-17-10-14-24-15-11-17;/h4-8,17H,1,9-16H2,2-3H3,(H,21,22);1H. The summed E-state index contributed by atoms with van der Waals surface area (Å²) in [7, 11) is 3.92. The number of guanidine groups is 1. The molecular formula is C20H32IN3O2. The van der Waals surface area contributed by atoms with Gasteiger partial charge in [-0.15, -0.1) is 24.0 Å². The SMILES string of the molecule is C=CCOc1ccccc1CNC(=NC)N(C)CCC1CCOCC1.I. The van der Waals surface area contributed by atoms with Crippen LogP contribution in [0.15, 0.2) is 41.9 Å². The third-order valence-electron chi connectivity index (χ3n) is 4.55. The summed E-state index contributed by atoms with van der Waals surface area (Å²) >= 11 is 0. The molecule has 0 aromatic heterocycles. The van der Waals surface area contributed by atoms with E-state index >= 15 is 0 Å². The van der Waals surface area contributed by atoms with E-state index in [9.17, 15) is 0 Å². The summed E-state index contributed by atoms with van der Waals surface area (Å²) in [6.45, 7) is 7.70. The van der Waals surface area contributed by atoms with Crippen molar-refractivity contribution < 1.29 is 9.47 Å². The van der Waals surface area contributed by atoms with Gasteiger partial charge in [0.15, 0.2) is 5.96 Å². The van der Waals surface area contributed by atoms with Crippen molar-refractivity contribution in [3.8, 4) is 5.75 Å². The van der Waals surface area contributed by atoms with Gasteiger partial charge in [0, 0.05) is 46.0 Å². The van der Waals surface area contributed by atoms with Crippen molar-refractivity contribution in [3.63, 3.8) is 0 Å². The van der Waals surface area contributed by atoms with Gasteiger partial charge >= 0.3 is 0 Å². The molecule has 0 amide bonds. The molecule has 0 bridgehead atoms. The van der Waals surface area contributed by atoms with Gasteiger partial charge < -0.3 is 19.7 Å². The summed E-state index contributed by atoms with van der Waals surface area (Å²) in [5.74, 6) is 2.56. The van der Waals surface area contributed by atoms with Gasteiger partial charge in [-0.05, 0) is 31.2 Å². The van der Waals surface area contributed by atoms with Crippen LogP contribution in [-0.4, -0.2) is 51.3 Å². The van der Waals surface area contributed by atoms with Crippen molar-refractivity contribution in [2.45, 2.75) is 25.8 Å². The van der Waals surface area contributed by atoms with E-state index in [1.165, 1.54) is 19.3 Å². The predicted octanol–water partition coefficient (Wildman–Crippen LogP) is 3.69. The van der Waals surface area contributed by atoms with Crippen molar-refractivity contribution in [2.24, 2.45) is 10.9 Å². The smallest absolute Gasteiger partial charge is 0.193 e. The normalized spacial score (nSPS) is 15.1. The quantitative estimate of drug-likeness (QED) is 0.271. The highest BCUT2D eigenvalue weighted by Gasteiger charge is 2.15. The third-order valence-corrected chi connectivity index (χ3v) is 4.55. The second kappa shape index (κ2) is 13.0. The van der Waals surface area contributed by atoms with Crippen molar-refractivity contribution in [2.75, 3.05) is 40.5 Å². The zero-order chi connectivity index (χ0) is 17.9. The Morgan fingerprint density at radius 1 is 1.38 bits per heavy atom. The summed E-state index contributed by atoms with van der Waals surface area (Å²) in [4.78, 5) is 6.61. The molecular weight excluding hydrogens is 441 g/mol. The van der Waals surface area contributed by atoms with Gasteiger partial charge in [-0.3, -0.25) is 4.99 Å². The fourth-order valence-electron chi connectivity index (χ4n) is 3.02. The summed E-state index contributed by atoms with van der Waals surface area (Å²) in [5.41, 5.74) is 1.11. The van der Waals surface area contributed by atoms with E-state index in [0.717, 1.165) is 42.9 Å². The summed E-state index contributed by atoms with van der Waals surface area (Å²) in [5, 5.41) is 3.44.